The van der Waals surface area contributed by atoms with Gasteiger partial charge in [0, 0.05) is 11.6 Å². The lowest BCUT2D eigenvalue weighted by atomic mass is 9.86. The largest absolute Gasteiger partial charge is 0.457 e. The number of nitrogens with one attached hydrogen (secondary N) is 1. The number of ether oxygens (including phenoxy) is 1. The second-order valence-electron chi connectivity index (χ2n) is 12.2. The Morgan fingerprint density at radius 2 is 1.83 bits per heavy atom. The molecule has 0 fully saturated rings. The fourth-order valence-electron chi connectivity index (χ4n) is 5.73. The zero-order valence-corrected chi connectivity index (χ0v) is 25.0. The summed E-state index contributed by atoms with van der Waals surface area (Å²) in [6, 6.07) is 2.33. The molecule has 7 nitrogen and oxygen atoms in total. The molecule has 6 atom stereocenters. The van der Waals surface area contributed by atoms with E-state index >= 15 is 0 Å². The highest BCUT2D eigenvalue weighted by Gasteiger charge is 2.27. The maximum atomic E-state index is 13.3. The van der Waals surface area contributed by atoms with Crippen molar-refractivity contribution in [3.63, 3.8) is 0 Å². The summed E-state index contributed by atoms with van der Waals surface area (Å²) in [6.07, 6.45) is 19.2. The zero-order chi connectivity index (χ0) is 29.7. The number of rotatable bonds is 11. The molecule has 41 heavy (non-hydrogen) atoms. The Labute approximate surface area is 243 Å². The molecule has 1 aromatic heterocycles. The van der Waals surface area contributed by atoms with Crippen molar-refractivity contribution in [2.24, 2.45) is 23.7 Å². The van der Waals surface area contributed by atoms with Crippen molar-refractivity contribution in [3.05, 3.63) is 87.8 Å². The Hall–Kier alpha value is -3.45. The molecule has 0 saturated heterocycles. The number of hydrogen-bond donors (Lipinski definition) is 2. The predicted octanol–water partition coefficient (Wildman–Crippen LogP) is 5.71. The first-order valence-electron chi connectivity index (χ1n) is 15.0. The number of pyridine rings is 1. The van der Waals surface area contributed by atoms with E-state index in [2.05, 4.69) is 45.2 Å². The van der Waals surface area contributed by atoms with E-state index in [0.717, 1.165) is 24.8 Å². The number of anilines is 1. The summed E-state index contributed by atoms with van der Waals surface area (Å²) in [5.74, 6) is 0.796. The highest BCUT2D eigenvalue weighted by molar-refractivity contribution is 6.13. The van der Waals surface area contributed by atoms with Crippen molar-refractivity contribution in [2.45, 2.75) is 78.5 Å². The Morgan fingerprint density at radius 1 is 1.05 bits per heavy atom. The summed E-state index contributed by atoms with van der Waals surface area (Å²) < 4.78 is 7.24. The second kappa shape index (κ2) is 13.5. The van der Waals surface area contributed by atoms with E-state index in [1.54, 1.807) is 6.07 Å². The smallest absolute Gasteiger partial charge is 0.323 e. The first-order valence-corrected chi connectivity index (χ1v) is 15.0. The molecule has 7 heteroatoms. The normalized spacial score (nSPS) is 26.1. The van der Waals surface area contributed by atoms with Crippen LogP contribution in [0.4, 0.5) is 5.82 Å². The summed E-state index contributed by atoms with van der Waals surface area (Å²) in [4.78, 5) is 39.1. The van der Waals surface area contributed by atoms with E-state index in [-0.39, 0.29) is 53.2 Å². The van der Waals surface area contributed by atoms with Crippen molar-refractivity contribution < 1.29 is 14.3 Å². The topological polar surface area (TPSA) is 103 Å². The molecule has 3 N–H and O–H groups in total. The van der Waals surface area contributed by atoms with Gasteiger partial charge in [0.15, 0.2) is 5.78 Å². The molecule has 0 amide bonds. The van der Waals surface area contributed by atoms with Crippen LogP contribution in [0.25, 0.3) is 0 Å². The zero-order valence-electron chi connectivity index (χ0n) is 25.0. The maximum Gasteiger partial charge on any atom is 0.323 e. The van der Waals surface area contributed by atoms with Crippen LogP contribution in [-0.4, -0.2) is 35.0 Å². The first-order chi connectivity index (χ1) is 19.5. The molecule has 4 rings (SSSR count). The molecule has 0 radical (unpaired) electrons. The first kappa shape index (κ1) is 30.5. The molecule has 1 aromatic rings. The monoisotopic (exact) mass is 559 g/mol. The molecule has 0 spiro atoms. The summed E-state index contributed by atoms with van der Waals surface area (Å²) in [5, 5.41) is 3.41. The van der Waals surface area contributed by atoms with Crippen molar-refractivity contribution in [2.75, 3.05) is 12.3 Å². The fraction of sp³-hybridized carbons (Fsp3) is 0.500. The van der Waals surface area contributed by atoms with Gasteiger partial charge in [-0.1, -0.05) is 82.7 Å². The van der Waals surface area contributed by atoms with E-state index < -0.39 is 0 Å². The number of carbonyl (C=O) groups excluding carboxylic acids is 2. The lowest BCUT2D eigenvalue weighted by molar-refractivity contribution is -0.149. The summed E-state index contributed by atoms with van der Waals surface area (Å²) in [7, 11) is 0. The second-order valence-corrected chi connectivity index (χ2v) is 12.2. The molecule has 0 bridgehead atoms. The number of carbonyl (C=O) groups is 2. The van der Waals surface area contributed by atoms with Crippen LogP contribution in [0.3, 0.4) is 0 Å². The Balaban J connectivity index is 1.42. The number of allylic oxidation sites excluding steroid dienone is 8. The minimum absolute atomic E-state index is 0.0133. The Bertz CT molecular complexity index is 1350. The molecule has 0 saturated carbocycles. The Morgan fingerprint density at radius 3 is 2.49 bits per heavy atom. The minimum Gasteiger partial charge on any atom is -0.457 e. The highest BCUT2D eigenvalue weighted by Crippen LogP contribution is 2.31. The number of ketones is 1. The average molecular weight is 560 g/mol. The minimum atomic E-state index is -0.346. The van der Waals surface area contributed by atoms with Gasteiger partial charge < -0.3 is 15.8 Å². The number of esters is 1. The highest BCUT2D eigenvalue weighted by atomic mass is 16.5. The van der Waals surface area contributed by atoms with Gasteiger partial charge in [0.2, 0.25) is 0 Å². The third-order valence-corrected chi connectivity index (χ3v) is 8.38. The van der Waals surface area contributed by atoms with Gasteiger partial charge in [-0.3, -0.25) is 19.0 Å². The number of aromatic nitrogens is 1. The average Bonchev–Trinajstić information content (AvgIpc) is 3.43. The molecular weight excluding hydrogens is 514 g/mol. The predicted molar refractivity (Wildman–Crippen MR) is 165 cm³/mol. The summed E-state index contributed by atoms with van der Waals surface area (Å²) in [5.41, 5.74) is 8.34. The van der Waals surface area contributed by atoms with Crippen LogP contribution >= 0.6 is 0 Å². The fourth-order valence-corrected chi connectivity index (χ4v) is 5.73. The molecular formula is C34H45N3O4. The van der Waals surface area contributed by atoms with Gasteiger partial charge in [-0.25, -0.2) is 0 Å². The van der Waals surface area contributed by atoms with Crippen LogP contribution in [0, 0.1) is 23.7 Å². The van der Waals surface area contributed by atoms with Crippen molar-refractivity contribution in [1.82, 2.24) is 9.88 Å². The van der Waals surface area contributed by atoms with Crippen LogP contribution in [-0.2, 0) is 9.53 Å². The molecule has 0 aliphatic heterocycles. The number of nitrogens with zero attached hydrogens (tertiary/aromatic N) is 1. The SMILES string of the molecule is CC(C)C[C@H](NCCC1=CC(C)C(n2c(N)c(C(=O)C3=CC(C)C(C)C=C3)ccc2=O)C=C1)C(=O)OC1C=CCC1. The van der Waals surface area contributed by atoms with Crippen molar-refractivity contribution in [1.29, 1.82) is 0 Å². The molecule has 0 aromatic carbocycles. The van der Waals surface area contributed by atoms with Crippen molar-refractivity contribution >= 4 is 17.6 Å². The lowest BCUT2D eigenvalue weighted by Crippen LogP contribution is -2.41. The number of nitrogen functional groups attached to an aromatic ring is 1. The molecule has 220 valence electrons. The van der Waals surface area contributed by atoms with E-state index in [9.17, 15) is 14.4 Å². The van der Waals surface area contributed by atoms with Gasteiger partial charge in [0.25, 0.3) is 5.56 Å². The lowest BCUT2D eigenvalue weighted by Gasteiger charge is -2.28. The van der Waals surface area contributed by atoms with E-state index in [1.807, 2.05) is 43.4 Å². The Kier molecular flexibility index (Phi) is 10.0. The van der Waals surface area contributed by atoms with Gasteiger partial charge in [0.1, 0.15) is 18.0 Å². The van der Waals surface area contributed by atoms with Gasteiger partial charge in [-0.15, -0.1) is 0 Å². The molecule has 1 heterocycles. The van der Waals surface area contributed by atoms with E-state index in [1.165, 1.54) is 10.6 Å². The van der Waals surface area contributed by atoms with Crippen LogP contribution in [0.15, 0.2) is 76.7 Å². The summed E-state index contributed by atoms with van der Waals surface area (Å²) in [6.45, 7) is 11.1. The number of nitrogens with two attached hydrogens (primary N) is 1. The van der Waals surface area contributed by atoms with Crippen LogP contribution in [0.2, 0.25) is 0 Å². The third-order valence-electron chi connectivity index (χ3n) is 8.38. The van der Waals surface area contributed by atoms with Crippen LogP contribution in [0.1, 0.15) is 76.7 Å². The van der Waals surface area contributed by atoms with Crippen LogP contribution < -0.4 is 16.6 Å². The quantitative estimate of drug-likeness (QED) is 0.204. The van der Waals surface area contributed by atoms with Gasteiger partial charge >= 0.3 is 5.97 Å². The summed E-state index contributed by atoms with van der Waals surface area (Å²) >= 11 is 0. The van der Waals surface area contributed by atoms with Crippen molar-refractivity contribution in [3.8, 4) is 0 Å². The molecule has 3 aliphatic rings. The van der Waals surface area contributed by atoms with E-state index in [4.69, 9.17) is 10.5 Å². The van der Waals surface area contributed by atoms with Gasteiger partial charge in [-0.05, 0) is 68.0 Å². The van der Waals surface area contributed by atoms with Crippen LogP contribution in [0.5, 0.6) is 0 Å². The van der Waals surface area contributed by atoms with Gasteiger partial charge in [0.05, 0.1) is 11.6 Å². The number of Topliss-reactive ketones (excluding diaryl/α,β-unsaturated/α-hetero) is 1. The molecule has 3 aliphatic carbocycles. The molecule has 5 unspecified atom stereocenters. The van der Waals surface area contributed by atoms with Gasteiger partial charge in [-0.2, -0.15) is 0 Å². The van der Waals surface area contributed by atoms with E-state index in [0.29, 0.717) is 35.9 Å². The number of hydrogen-bond acceptors (Lipinski definition) is 6. The maximum absolute atomic E-state index is 13.3. The third kappa shape index (κ3) is 7.45. The standard InChI is InChI=1S/C34H45N3O4/c1-21(2)18-29(34(40)41-27-8-6-7-9-27)36-17-16-25-11-14-30(24(5)19-25)37-31(38)15-13-28(33(37)35)32(39)26-12-10-22(3)23(4)20-26/h6,8,10-15,19-24,27,29-30,36H,7,9,16-18,35H2,1-5H3/t22?,23?,24?,27?,29-,30?/m0/s1.